The van der Waals surface area contributed by atoms with E-state index < -0.39 is 123 Å². The molecule has 6 fully saturated rings. The molecule has 3 saturated heterocycles. The minimum absolute atomic E-state index is 0.00876. The Morgan fingerprint density at radius 1 is 0.378 bits per heavy atom. The molecular formula is C100H111N3O15Si. The predicted octanol–water partition coefficient (Wildman–Crippen LogP) is 18.1. The van der Waals surface area contributed by atoms with E-state index in [0.29, 0.717) is 12.3 Å². The molecule has 19 heteroatoms. The summed E-state index contributed by atoms with van der Waals surface area (Å²) in [6, 6.07) is 100. The number of nitrogens with zero attached hydrogens (tertiary/aromatic N) is 3. The van der Waals surface area contributed by atoms with Gasteiger partial charge in [0.15, 0.2) is 18.4 Å². The van der Waals surface area contributed by atoms with Crippen molar-refractivity contribution in [3.05, 3.63) is 358 Å². The van der Waals surface area contributed by atoms with Crippen molar-refractivity contribution in [3.8, 4) is 0 Å². The van der Waals surface area contributed by atoms with Crippen LogP contribution in [0.15, 0.2) is 308 Å². The van der Waals surface area contributed by atoms with Gasteiger partial charge >= 0.3 is 0 Å². The number of hydrogen-bond acceptors (Lipinski definition) is 16. The highest BCUT2D eigenvalue weighted by Gasteiger charge is 2.76. The SMILES string of the molecule is CC1(C)[C@H]2CC[C@]1(C)[C@]1(C2)O[C@@H]2[C@H](OCc3ccccc3)[C@@H](OCc3ccccc3)[C@H](OCc3ccccc3)[C@@H](O[C@H]3O[C@H](COCc4ccccc4)[C@@H](O[C@H]4O[C@H](CO[Si](c5ccccc5)(c5ccccc5)C(C)(C)C)[C@H](OCc5ccccc5)[C@H](OCc5ccccc5)[C@H]4OCc4ccccc4)[C@H](OCc4ccccc4)[C@H]3N=[N+]=[N-])[C@@H]2O1. The molecule has 10 aromatic carbocycles. The first-order valence-corrected chi connectivity index (χ1v) is 44.1. The number of rotatable bonds is 35. The molecule has 620 valence electrons. The fourth-order valence-corrected chi connectivity index (χ4v) is 23.6. The zero-order valence-corrected chi connectivity index (χ0v) is 69.8. The van der Waals surface area contributed by atoms with Crippen molar-refractivity contribution in [1.82, 2.24) is 0 Å². The van der Waals surface area contributed by atoms with E-state index in [1.165, 1.54) is 0 Å². The summed E-state index contributed by atoms with van der Waals surface area (Å²) in [5, 5.41) is 6.54. The van der Waals surface area contributed by atoms with Crippen LogP contribution < -0.4 is 10.4 Å². The summed E-state index contributed by atoms with van der Waals surface area (Å²) in [5.74, 6) is -0.803. The molecule has 0 amide bonds. The van der Waals surface area contributed by atoms with E-state index in [2.05, 4.69) is 107 Å². The molecule has 10 aromatic rings. The van der Waals surface area contributed by atoms with Crippen molar-refractivity contribution in [3.63, 3.8) is 0 Å². The maximum atomic E-state index is 11.5. The zero-order valence-electron chi connectivity index (χ0n) is 68.8. The lowest BCUT2D eigenvalue weighted by Crippen LogP contribution is -2.69. The Morgan fingerprint density at radius 2 is 0.706 bits per heavy atom. The standard InChI is InChI=1S/C100H111N3O15Si/c1-97(2,3)119(79-53-33-15-34-54-79,80-55-35-16-36-56-80)112-69-82-84(105-61-71-39-19-8-20-40-71)87(107-63-73-43-23-10-24-44-73)94(111-67-77-51-31-14-32-52-77)96(114-82)115-85-81(68-104-60-70-37-17-7-18-38-70)113-95(83(102-103-101)86(85)106-62-72-41-21-9-22-42-72)116-91-89(109-65-75-47-27-12-28-48-75)88(108-64-74-45-25-11-26-46-74)90(110-66-76-49-29-13-30-50-76)92-93(91)118-100(117-92)59-78-57-58-99(100,6)98(78,4)5/h7-56,78,81-96H,57-69H2,1-6H3/t78-,81+,82+,83+,84-,85+,86+,87-,88-,89-,90+,91+,92+,93-,94+,95+,96+,99-,100+/m0/s1. The first kappa shape index (κ1) is 83.8. The van der Waals surface area contributed by atoms with Crippen LogP contribution in [0.4, 0.5) is 0 Å². The van der Waals surface area contributed by atoms with Crippen molar-refractivity contribution in [2.75, 3.05) is 13.2 Å². The molecule has 3 aliphatic heterocycles. The lowest BCUT2D eigenvalue weighted by molar-refractivity contribution is -0.370. The maximum Gasteiger partial charge on any atom is 0.261 e. The van der Waals surface area contributed by atoms with E-state index in [9.17, 15) is 5.53 Å². The Hall–Kier alpha value is -8.87. The number of fused-ring (bicyclic) bond motifs is 4. The number of benzene rings is 10. The molecule has 3 saturated carbocycles. The Labute approximate surface area is 701 Å². The summed E-state index contributed by atoms with van der Waals surface area (Å²) < 4.78 is 115. The maximum absolute atomic E-state index is 11.5. The van der Waals surface area contributed by atoms with Crippen molar-refractivity contribution < 1.29 is 70.7 Å². The van der Waals surface area contributed by atoms with Crippen LogP contribution in [0.25, 0.3) is 10.4 Å². The fraction of sp³-hybridized carbons (Fsp3) is 0.400. The van der Waals surface area contributed by atoms with Crippen LogP contribution in [0.1, 0.15) is 105 Å². The van der Waals surface area contributed by atoms with Gasteiger partial charge in [-0.25, -0.2) is 0 Å². The van der Waals surface area contributed by atoms with Gasteiger partial charge in [0.05, 0.1) is 66.1 Å². The lowest BCUT2D eigenvalue weighted by atomic mass is 9.68. The van der Waals surface area contributed by atoms with Crippen molar-refractivity contribution in [2.45, 2.75) is 222 Å². The molecular weight excluding hydrogens is 1510 g/mol. The molecule has 0 N–H and O–H groups in total. The van der Waals surface area contributed by atoms with Crippen LogP contribution in [0, 0.1) is 16.7 Å². The third kappa shape index (κ3) is 18.7. The van der Waals surface area contributed by atoms with Gasteiger partial charge in [-0.1, -0.05) is 350 Å². The first-order chi connectivity index (χ1) is 58.2. The summed E-state index contributed by atoms with van der Waals surface area (Å²) >= 11 is 0. The number of azide groups is 1. The van der Waals surface area contributed by atoms with E-state index in [4.69, 9.17) is 75.9 Å². The van der Waals surface area contributed by atoms with Gasteiger partial charge in [-0.2, -0.15) is 0 Å². The van der Waals surface area contributed by atoms with Gasteiger partial charge in [-0.3, -0.25) is 0 Å². The number of hydrogen-bond donors (Lipinski definition) is 0. The molecule has 0 unspecified atom stereocenters. The predicted molar refractivity (Wildman–Crippen MR) is 457 cm³/mol. The smallest absolute Gasteiger partial charge is 0.261 e. The van der Waals surface area contributed by atoms with E-state index in [-0.39, 0.29) is 71.5 Å². The summed E-state index contributed by atoms with van der Waals surface area (Å²) in [4.78, 5) is 3.72. The molecule has 119 heavy (non-hydrogen) atoms. The molecule has 19 atom stereocenters. The Kier molecular flexibility index (Phi) is 27.1. The molecule has 3 aliphatic carbocycles. The Balaban J connectivity index is 0.845. The molecule has 16 rings (SSSR count). The molecule has 0 aromatic heterocycles. The third-order valence-corrected chi connectivity index (χ3v) is 30.6. The van der Waals surface area contributed by atoms with Gasteiger partial charge in [-0.15, -0.1) is 0 Å². The van der Waals surface area contributed by atoms with Crippen LogP contribution in [-0.4, -0.2) is 125 Å². The Bertz CT molecular complexity index is 4770. The molecule has 18 nitrogen and oxygen atoms in total. The minimum Gasteiger partial charge on any atom is -0.405 e. The normalized spacial score (nSPS) is 28.9. The summed E-state index contributed by atoms with van der Waals surface area (Å²) in [6.07, 6.45) is -13.1. The summed E-state index contributed by atoms with van der Waals surface area (Å²) in [6.45, 7) is 15.0. The number of ether oxygens (including phenoxy) is 14. The molecule has 3 heterocycles. The third-order valence-electron chi connectivity index (χ3n) is 25.6. The first-order valence-electron chi connectivity index (χ1n) is 42.1. The topological polar surface area (TPSA) is 187 Å². The second-order valence-electron chi connectivity index (χ2n) is 34.2. The van der Waals surface area contributed by atoms with E-state index in [1.807, 2.05) is 243 Å². The molecule has 2 bridgehead atoms. The van der Waals surface area contributed by atoms with Crippen molar-refractivity contribution >= 4 is 18.7 Å². The fourth-order valence-electron chi connectivity index (χ4n) is 19.0. The van der Waals surface area contributed by atoms with Crippen LogP contribution in [0.3, 0.4) is 0 Å². The van der Waals surface area contributed by atoms with Crippen LogP contribution in [0.5, 0.6) is 0 Å². The van der Waals surface area contributed by atoms with Gasteiger partial charge in [0.1, 0.15) is 85.4 Å². The quantitative estimate of drug-likeness (QED) is 0.0158. The highest BCUT2D eigenvalue weighted by molar-refractivity contribution is 6.99. The summed E-state index contributed by atoms with van der Waals surface area (Å²) in [5.41, 5.74) is 18.2. The van der Waals surface area contributed by atoms with Gasteiger partial charge < -0.3 is 70.7 Å². The minimum atomic E-state index is -3.35. The van der Waals surface area contributed by atoms with Crippen molar-refractivity contribution in [1.29, 1.82) is 0 Å². The lowest BCUT2D eigenvalue weighted by Gasteiger charge is -2.52. The second kappa shape index (κ2) is 38.5. The van der Waals surface area contributed by atoms with E-state index in [1.54, 1.807) is 0 Å². The average molecular weight is 1620 g/mol. The van der Waals surface area contributed by atoms with E-state index in [0.717, 1.165) is 67.7 Å². The largest absolute Gasteiger partial charge is 0.405 e. The van der Waals surface area contributed by atoms with Gasteiger partial charge in [-0.05, 0) is 89.6 Å². The Morgan fingerprint density at radius 3 is 1.09 bits per heavy atom. The van der Waals surface area contributed by atoms with Crippen molar-refractivity contribution in [2.24, 2.45) is 21.9 Å². The average Bonchev–Trinajstić information content (AvgIpc) is 1.50. The monoisotopic (exact) mass is 1620 g/mol. The van der Waals surface area contributed by atoms with Crippen LogP contribution in [0.2, 0.25) is 5.04 Å². The van der Waals surface area contributed by atoms with E-state index >= 15 is 0 Å². The van der Waals surface area contributed by atoms with Crippen LogP contribution >= 0.6 is 0 Å². The zero-order chi connectivity index (χ0) is 81.7. The highest BCUT2D eigenvalue weighted by Crippen LogP contribution is 2.73. The van der Waals surface area contributed by atoms with Crippen LogP contribution in [-0.2, 0) is 124 Å². The second-order valence-corrected chi connectivity index (χ2v) is 38.5. The summed E-state index contributed by atoms with van der Waals surface area (Å²) in [7, 11) is -3.35. The molecule has 1 spiro atoms. The van der Waals surface area contributed by atoms with Gasteiger partial charge in [0, 0.05) is 16.7 Å². The van der Waals surface area contributed by atoms with Gasteiger partial charge in [0.2, 0.25) is 0 Å². The molecule has 6 aliphatic rings. The molecule has 0 radical (unpaired) electrons. The van der Waals surface area contributed by atoms with Gasteiger partial charge in [0.25, 0.3) is 8.32 Å². The highest BCUT2D eigenvalue weighted by atomic mass is 28.4.